The van der Waals surface area contributed by atoms with E-state index in [0.29, 0.717) is 19.0 Å². The van der Waals surface area contributed by atoms with Crippen molar-refractivity contribution in [3.05, 3.63) is 33.6 Å². The number of aromatic nitrogens is 1. The summed E-state index contributed by atoms with van der Waals surface area (Å²) in [5, 5.41) is 3.33. The van der Waals surface area contributed by atoms with E-state index in [1.807, 2.05) is 25.7 Å². The van der Waals surface area contributed by atoms with Crippen LogP contribution < -0.4 is 4.74 Å². The van der Waals surface area contributed by atoms with Crippen LogP contribution in [0.25, 0.3) is 11.3 Å². The molecule has 2 heterocycles. The maximum absolute atomic E-state index is 12.4. The van der Waals surface area contributed by atoms with Gasteiger partial charge in [0.1, 0.15) is 11.4 Å². The van der Waals surface area contributed by atoms with Crippen LogP contribution in [0.4, 0.5) is 4.79 Å². The van der Waals surface area contributed by atoms with E-state index >= 15 is 0 Å². The maximum atomic E-state index is 12.4. The molecule has 1 amide bonds. The summed E-state index contributed by atoms with van der Waals surface area (Å²) < 4.78 is 11.5. The molecule has 188 valence electrons. The molecular weight excluding hydrogens is 444 g/mol. The van der Waals surface area contributed by atoms with E-state index in [-0.39, 0.29) is 16.9 Å². The second-order valence-corrected chi connectivity index (χ2v) is 13.3. The van der Waals surface area contributed by atoms with Crippen LogP contribution in [0.15, 0.2) is 17.5 Å². The van der Waals surface area contributed by atoms with Crippen LogP contribution >= 0.6 is 11.3 Å². The van der Waals surface area contributed by atoms with Gasteiger partial charge >= 0.3 is 6.09 Å². The summed E-state index contributed by atoms with van der Waals surface area (Å²) in [5.74, 6) is 1.36. The third-order valence-corrected chi connectivity index (χ3v) is 7.23. The van der Waals surface area contributed by atoms with Crippen molar-refractivity contribution in [1.82, 2.24) is 9.88 Å². The molecule has 0 N–H and O–H groups in total. The van der Waals surface area contributed by atoms with Crippen molar-refractivity contribution in [3.63, 3.8) is 0 Å². The topological polar surface area (TPSA) is 51.7 Å². The summed E-state index contributed by atoms with van der Waals surface area (Å²) in [6, 6.07) is 4.50. The number of rotatable bonds is 3. The Kier molecular flexibility index (Phi) is 7.43. The summed E-state index contributed by atoms with van der Waals surface area (Å²) in [7, 11) is 1.77. The van der Waals surface area contributed by atoms with Gasteiger partial charge < -0.3 is 14.4 Å². The number of benzene rings is 1. The zero-order chi connectivity index (χ0) is 25.5. The molecular formula is C28H42N2O3S. The Morgan fingerprint density at radius 1 is 0.971 bits per heavy atom. The molecule has 0 saturated carbocycles. The Morgan fingerprint density at radius 2 is 1.50 bits per heavy atom. The molecule has 0 unspecified atom stereocenters. The number of ether oxygens (including phenoxy) is 2. The monoisotopic (exact) mass is 486 g/mol. The van der Waals surface area contributed by atoms with E-state index in [1.54, 1.807) is 18.4 Å². The third-order valence-electron chi connectivity index (χ3n) is 6.22. The van der Waals surface area contributed by atoms with Crippen molar-refractivity contribution >= 4 is 17.4 Å². The number of methoxy groups -OCH3 is 1. The molecule has 1 aromatic carbocycles. The first-order valence-corrected chi connectivity index (χ1v) is 13.1. The third kappa shape index (κ3) is 6.12. The lowest BCUT2D eigenvalue weighted by molar-refractivity contribution is 0.0205. The highest BCUT2D eigenvalue weighted by atomic mass is 32.1. The molecule has 0 radical (unpaired) electrons. The zero-order valence-electron chi connectivity index (χ0n) is 22.7. The predicted octanol–water partition coefficient (Wildman–Crippen LogP) is 7.53. The molecule has 1 aromatic heterocycles. The molecule has 0 aliphatic carbocycles. The number of nitrogens with zero attached hydrogens (tertiary/aromatic N) is 2. The molecule has 3 rings (SSSR count). The highest BCUT2D eigenvalue weighted by molar-refractivity contribution is 7.10. The van der Waals surface area contributed by atoms with Gasteiger partial charge in [0.2, 0.25) is 0 Å². The highest BCUT2D eigenvalue weighted by Gasteiger charge is 2.30. The average molecular weight is 487 g/mol. The lowest BCUT2D eigenvalue weighted by Gasteiger charge is -2.32. The molecule has 6 heteroatoms. The van der Waals surface area contributed by atoms with Gasteiger partial charge in [-0.05, 0) is 56.6 Å². The Bertz CT molecular complexity index is 978. The Hall–Kier alpha value is -2.08. The van der Waals surface area contributed by atoms with Crippen LogP contribution in [0.2, 0.25) is 0 Å². The fourth-order valence-corrected chi connectivity index (χ4v) is 5.35. The van der Waals surface area contributed by atoms with E-state index in [4.69, 9.17) is 14.5 Å². The summed E-state index contributed by atoms with van der Waals surface area (Å²) in [5.41, 5.74) is 4.02. The number of carbonyl (C=O) groups is 1. The quantitative estimate of drug-likeness (QED) is 0.450. The Labute approximate surface area is 209 Å². The van der Waals surface area contributed by atoms with Gasteiger partial charge in [-0.15, -0.1) is 11.3 Å². The summed E-state index contributed by atoms with van der Waals surface area (Å²) in [6.45, 7) is 20.5. The van der Waals surface area contributed by atoms with Gasteiger partial charge in [0.05, 0.1) is 17.8 Å². The molecule has 2 aromatic rings. The number of hydrogen-bond acceptors (Lipinski definition) is 5. The van der Waals surface area contributed by atoms with E-state index in [0.717, 1.165) is 34.9 Å². The van der Waals surface area contributed by atoms with Gasteiger partial charge in [0.25, 0.3) is 0 Å². The largest absolute Gasteiger partial charge is 0.496 e. The number of piperidine rings is 1. The minimum Gasteiger partial charge on any atom is -0.496 e. The van der Waals surface area contributed by atoms with Crippen LogP contribution in [0, 0.1) is 0 Å². The maximum Gasteiger partial charge on any atom is 0.410 e. The second-order valence-electron chi connectivity index (χ2n) is 12.4. The first kappa shape index (κ1) is 26.5. The van der Waals surface area contributed by atoms with Crippen LogP contribution in [-0.4, -0.2) is 41.8 Å². The second kappa shape index (κ2) is 9.52. The SMILES string of the molecule is COc1c(C(C)(C)C)cc(-c2csc(C3CCN(C(=O)OC(C)(C)C)CC3)n2)cc1C(C)(C)C. The lowest BCUT2D eigenvalue weighted by Crippen LogP contribution is -2.41. The van der Waals surface area contributed by atoms with Gasteiger partial charge in [0.15, 0.2) is 0 Å². The predicted molar refractivity (Wildman–Crippen MR) is 141 cm³/mol. The summed E-state index contributed by atoms with van der Waals surface area (Å²) >= 11 is 1.73. The number of thiazole rings is 1. The van der Waals surface area contributed by atoms with Crippen molar-refractivity contribution in [2.24, 2.45) is 0 Å². The van der Waals surface area contributed by atoms with Gasteiger partial charge in [-0.25, -0.2) is 9.78 Å². The van der Waals surface area contributed by atoms with Crippen molar-refractivity contribution in [3.8, 4) is 17.0 Å². The molecule has 0 atom stereocenters. The van der Waals surface area contributed by atoms with Crippen molar-refractivity contribution in [1.29, 1.82) is 0 Å². The fourth-order valence-electron chi connectivity index (χ4n) is 4.35. The smallest absolute Gasteiger partial charge is 0.410 e. The lowest BCUT2D eigenvalue weighted by atomic mass is 9.78. The van der Waals surface area contributed by atoms with Crippen molar-refractivity contribution < 1.29 is 14.3 Å². The molecule has 1 saturated heterocycles. The average Bonchev–Trinajstić information content (AvgIpc) is 3.20. The number of amides is 1. The number of hydrogen-bond donors (Lipinski definition) is 0. The Morgan fingerprint density at radius 3 is 1.94 bits per heavy atom. The molecule has 0 bridgehead atoms. The minimum atomic E-state index is -0.464. The molecule has 1 aliphatic heterocycles. The van der Waals surface area contributed by atoms with E-state index < -0.39 is 5.60 Å². The van der Waals surface area contributed by atoms with Crippen LogP contribution in [0.5, 0.6) is 5.75 Å². The molecule has 1 aliphatic rings. The molecule has 0 spiro atoms. The summed E-state index contributed by atoms with van der Waals surface area (Å²) in [6.07, 6.45) is 1.61. The van der Waals surface area contributed by atoms with Crippen molar-refractivity contribution in [2.75, 3.05) is 20.2 Å². The van der Waals surface area contributed by atoms with Gasteiger partial charge in [-0.1, -0.05) is 41.5 Å². The van der Waals surface area contributed by atoms with Gasteiger partial charge in [-0.2, -0.15) is 0 Å². The van der Waals surface area contributed by atoms with E-state index in [1.165, 1.54) is 11.1 Å². The normalized spacial score (nSPS) is 16.0. The van der Waals surface area contributed by atoms with Crippen LogP contribution in [0.3, 0.4) is 0 Å². The molecule has 5 nitrogen and oxygen atoms in total. The van der Waals surface area contributed by atoms with E-state index in [9.17, 15) is 4.79 Å². The first-order chi connectivity index (χ1) is 15.6. The first-order valence-electron chi connectivity index (χ1n) is 12.3. The highest BCUT2D eigenvalue weighted by Crippen LogP contribution is 2.43. The van der Waals surface area contributed by atoms with Crippen LogP contribution in [0.1, 0.15) is 97.2 Å². The van der Waals surface area contributed by atoms with E-state index in [2.05, 4.69) is 59.1 Å². The summed E-state index contributed by atoms with van der Waals surface area (Å²) in [4.78, 5) is 19.3. The number of likely N-dealkylation sites (tertiary alicyclic amines) is 1. The standard InChI is InChI=1S/C28H42N2O3S/c1-26(2,3)20-15-19(16-21(23(20)32-10)27(4,5)6)22-17-34-24(29-22)18-11-13-30(14-12-18)25(31)33-28(7,8)9/h15-18H,11-14H2,1-10H3. The van der Waals surface area contributed by atoms with Gasteiger partial charge in [-0.3, -0.25) is 0 Å². The molecule has 34 heavy (non-hydrogen) atoms. The Balaban J connectivity index is 1.85. The minimum absolute atomic E-state index is 0.0469. The fraction of sp³-hybridized carbons (Fsp3) is 0.643. The molecule has 1 fully saturated rings. The van der Waals surface area contributed by atoms with Crippen LogP contribution in [-0.2, 0) is 15.6 Å². The number of carbonyl (C=O) groups excluding carboxylic acids is 1. The van der Waals surface area contributed by atoms with Crippen molar-refractivity contribution in [2.45, 2.75) is 97.5 Å². The van der Waals surface area contributed by atoms with Gasteiger partial charge in [0, 0.05) is 41.1 Å². The zero-order valence-corrected chi connectivity index (χ0v) is 23.5.